The number of carbonyl (C=O) groups excluding carboxylic acids is 1. The van der Waals surface area contributed by atoms with Gasteiger partial charge in [-0.3, -0.25) is 9.59 Å². The van der Waals surface area contributed by atoms with Gasteiger partial charge in [-0.1, -0.05) is 0 Å². The fraction of sp³-hybridized carbons (Fsp3) is 0.615. The Morgan fingerprint density at radius 1 is 1.38 bits per heavy atom. The quantitative estimate of drug-likeness (QED) is 0.833. The standard InChI is InChI=1S/C13H19F2N3O3/c1-4-17(6-5-12(20)21)11(19)7-10-8(2)16-18(9(10)3)13(14)15/h13H,4-7H2,1-3H3,(H,20,21). The first-order valence-electron chi connectivity index (χ1n) is 6.60. The number of carboxylic acid groups (broad SMARTS) is 1. The molecule has 0 aromatic carbocycles. The van der Waals surface area contributed by atoms with Gasteiger partial charge in [-0.05, 0) is 20.8 Å². The lowest BCUT2D eigenvalue weighted by atomic mass is 10.1. The summed E-state index contributed by atoms with van der Waals surface area (Å²) in [5.74, 6) is -1.28. The molecule has 0 aliphatic heterocycles. The van der Waals surface area contributed by atoms with E-state index in [-0.39, 0.29) is 31.0 Å². The average molecular weight is 303 g/mol. The maximum absolute atomic E-state index is 12.7. The van der Waals surface area contributed by atoms with Crippen LogP contribution in [0.15, 0.2) is 0 Å². The summed E-state index contributed by atoms with van der Waals surface area (Å²) in [6.07, 6.45) is -0.203. The fourth-order valence-electron chi connectivity index (χ4n) is 2.10. The van der Waals surface area contributed by atoms with E-state index in [1.807, 2.05) is 0 Å². The predicted molar refractivity (Wildman–Crippen MR) is 71.2 cm³/mol. The van der Waals surface area contributed by atoms with Gasteiger partial charge in [-0.2, -0.15) is 13.9 Å². The third kappa shape index (κ3) is 4.24. The Kier molecular flexibility index (Phi) is 5.80. The molecule has 0 radical (unpaired) electrons. The number of hydrogen-bond acceptors (Lipinski definition) is 3. The number of aryl methyl sites for hydroxylation is 1. The largest absolute Gasteiger partial charge is 0.481 e. The number of likely N-dealkylation sites (N-methyl/N-ethyl adjacent to an activating group) is 1. The Morgan fingerprint density at radius 2 is 2.00 bits per heavy atom. The van der Waals surface area contributed by atoms with Crippen LogP contribution in [0.25, 0.3) is 0 Å². The number of nitrogens with zero attached hydrogens (tertiary/aromatic N) is 3. The van der Waals surface area contributed by atoms with Crippen LogP contribution in [0.3, 0.4) is 0 Å². The molecule has 1 N–H and O–H groups in total. The number of rotatable bonds is 7. The molecule has 21 heavy (non-hydrogen) atoms. The van der Waals surface area contributed by atoms with Crippen molar-refractivity contribution >= 4 is 11.9 Å². The monoisotopic (exact) mass is 303 g/mol. The molecule has 1 amide bonds. The van der Waals surface area contributed by atoms with E-state index in [0.29, 0.717) is 22.5 Å². The molecule has 0 saturated heterocycles. The Bertz CT molecular complexity index is 529. The molecule has 0 aliphatic rings. The second-order valence-electron chi connectivity index (χ2n) is 4.67. The third-order valence-electron chi connectivity index (χ3n) is 3.32. The van der Waals surface area contributed by atoms with Gasteiger partial charge in [0.2, 0.25) is 5.91 Å². The zero-order valence-corrected chi connectivity index (χ0v) is 12.3. The molecule has 0 aliphatic carbocycles. The molecule has 0 bridgehead atoms. The lowest BCUT2D eigenvalue weighted by Gasteiger charge is -2.20. The van der Waals surface area contributed by atoms with E-state index in [1.165, 1.54) is 11.8 Å². The van der Waals surface area contributed by atoms with E-state index in [4.69, 9.17) is 5.11 Å². The Morgan fingerprint density at radius 3 is 2.43 bits per heavy atom. The summed E-state index contributed by atoms with van der Waals surface area (Å²) in [6, 6.07) is 0. The molecule has 8 heteroatoms. The maximum Gasteiger partial charge on any atom is 0.333 e. The van der Waals surface area contributed by atoms with E-state index in [2.05, 4.69) is 5.10 Å². The number of hydrogen-bond donors (Lipinski definition) is 1. The minimum absolute atomic E-state index is 0.0577. The highest BCUT2D eigenvalue weighted by atomic mass is 19.3. The van der Waals surface area contributed by atoms with Crippen molar-refractivity contribution in [1.29, 1.82) is 0 Å². The van der Waals surface area contributed by atoms with Crippen molar-refractivity contribution in [3.8, 4) is 0 Å². The maximum atomic E-state index is 12.7. The number of halogens is 2. The van der Waals surface area contributed by atoms with E-state index in [9.17, 15) is 18.4 Å². The molecule has 118 valence electrons. The number of alkyl halides is 2. The van der Waals surface area contributed by atoms with Crippen LogP contribution in [0.2, 0.25) is 0 Å². The van der Waals surface area contributed by atoms with Crippen molar-refractivity contribution in [3.63, 3.8) is 0 Å². The van der Waals surface area contributed by atoms with Crippen LogP contribution in [0.1, 0.15) is 36.8 Å². The number of carboxylic acids is 1. The van der Waals surface area contributed by atoms with Crippen LogP contribution in [0.5, 0.6) is 0 Å². The molecule has 0 spiro atoms. The van der Waals surface area contributed by atoms with E-state index >= 15 is 0 Å². The summed E-state index contributed by atoms with van der Waals surface area (Å²) >= 11 is 0. The van der Waals surface area contributed by atoms with Gasteiger partial charge in [0, 0.05) is 24.3 Å². The van der Waals surface area contributed by atoms with Crippen LogP contribution in [-0.2, 0) is 16.0 Å². The Labute approximate surface area is 121 Å². The second kappa shape index (κ2) is 7.14. The van der Waals surface area contributed by atoms with E-state index < -0.39 is 12.5 Å². The van der Waals surface area contributed by atoms with Crippen LogP contribution in [-0.4, -0.2) is 44.8 Å². The molecule has 1 aromatic rings. The molecule has 0 unspecified atom stereocenters. The highest BCUT2D eigenvalue weighted by molar-refractivity contribution is 5.80. The van der Waals surface area contributed by atoms with Crippen LogP contribution >= 0.6 is 0 Å². The van der Waals surface area contributed by atoms with E-state index in [1.54, 1.807) is 13.8 Å². The van der Waals surface area contributed by atoms with Gasteiger partial charge in [0.1, 0.15) is 0 Å². The molecule has 1 aromatic heterocycles. The van der Waals surface area contributed by atoms with Gasteiger partial charge in [0.15, 0.2) is 0 Å². The van der Waals surface area contributed by atoms with Gasteiger partial charge >= 0.3 is 12.5 Å². The fourth-order valence-corrected chi connectivity index (χ4v) is 2.10. The van der Waals surface area contributed by atoms with Crippen molar-refractivity contribution in [1.82, 2.24) is 14.7 Å². The Balaban J connectivity index is 2.84. The first-order chi connectivity index (χ1) is 9.77. The molecule has 1 heterocycles. The summed E-state index contributed by atoms with van der Waals surface area (Å²) in [6.45, 7) is 2.52. The van der Waals surface area contributed by atoms with Gasteiger partial charge in [-0.15, -0.1) is 0 Å². The molecular weight excluding hydrogens is 284 g/mol. The second-order valence-corrected chi connectivity index (χ2v) is 4.67. The molecule has 0 fully saturated rings. The normalized spacial score (nSPS) is 11.0. The first-order valence-corrected chi connectivity index (χ1v) is 6.60. The van der Waals surface area contributed by atoms with Crippen LogP contribution in [0, 0.1) is 13.8 Å². The molecule has 0 saturated carbocycles. The van der Waals surface area contributed by atoms with Crippen LogP contribution in [0.4, 0.5) is 8.78 Å². The highest BCUT2D eigenvalue weighted by Crippen LogP contribution is 2.20. The van der Waals surface area contributed by atoms with Crippen LogP contribution < -0.4 is 0 Å². The number of carbonyl (C=O) groups is 2. The topological polar surface area (TPSA) is 75.4 Å². The lowest BCUT2D eigenvalue weighted by molar-refractivity contribution is -0.138. The molecule has 6 nitrogen and oxygen atoms in total. The summed E-state index contributed by atoms with van der Waals surface area (Å²) in [4.78, 5) is 24.1. The van der Waals surface area contributed by atoms with E-state index in [0.717, 1.165) is 0 Å². The molecular formula is C13H19F2N3O3. The molecule has 1 rings (SSSR count). The highest BCUT2D eigenvalue weighted by Gasteiger charge is 2.21. The minimum atomic E-state index is -2.75. The lowest BCUT2D eigenvalue weighted by Crippen LogP contribution is -2.34. The predicted octanol–water partition coefficient (Wildman–Crippen LogP) is 1.76. The minimum Gasteiger partial charge on any atom is -0.481 e. The SMILES string of the molecule is CCN(CCC(=O)O)C(=O)Cc1c(C)nn(C(F)F)c1C. The molecule has 0 atom stereocenters. The van der Waals surface area contributed by atoms with Gasteiger partial charge in [-0.25, -0.2) is 4.68 Å². The number of aliphatic carboxylic acids is 1. The summed E-state index contributed by atoms with van der Waals surface area (Å²) in [5.41, 5.74) is 1.11. The summed E-state index contributed by atoms with van der Waals surface area (Å²) in [5, 5.41) is 12.4. The van der Waals surface area contributed by atoms with Crippen molar-refractivity contribution in [3.05, 3.63) is 17.0 Å². The zero-order valence-electron chi connectivity index (χ0n) is 12.3. The first kappa shape index (κ1) is 17.1. The summed E-state index contributed by atoms with van der Waals surface area (Å²) < 4.78 is 26.1. The summed E-state index contributed by atoms with van der Waals surface area (Å²) in [7, 11) is 0. The van der Waals surface area contributed by atoms with Gasteiger partial charge in [0.05, 0.1) is 18.5 Å². The number of amides is 1. The third-order valence-corrected chi connectivity index (χ3v) is 3.32. The van der Waals surface area contributed by atoms with Crippen molar-refractivity contribution < 1.29 is 23.5 Å². The number of aromatic nitrogens is 2. The van der Waals surface area contributed by atoms with Crippen molar-refractivity contribution in [2.45, 2.75) is 40.2 Å². The van der Waals surface area contributed by atoms with Crippen molar-refractivity contribution in [2.24, 2.45) is 0 Å². The smallest absolute Gasteiger partial charge is 0.333 e. The van der Waals surface area contributed by atoms with Gasteiger partial charge < -0.3 is 10.0 Å². The zero-order chi connectivity index (χ0) is 16.2. The van der Waals surface area contributed by atoms with Gasteiger partial charge in [0.25, 0.3) is 0 Å². The average Bonchev–Trinajstić information content (AvgIpc) is 2.67. The van der Waals surface area contributed by atoms with Crippen molar-refractivity contribution in [2.75, 3.05) is 13.1 Å². The Hall–Kier alpha value is -1.99.